The zero-order chi connectivity index (χ0) is 19.2. The summed E-state index contributed by atoms with van der Waals surface area (Å²) < 4.78 is 23.5. The predicted octanol–water partition coefficient (Wildman–Crippen LogP) is 2.34. The number of hydrogen-bond donors (Lipinski definition) is 0. The van der Waals surface area contributed by atoms with Crippen LogP contribution in [0.5, 0.6) is 5.75 Å². The van der Waals surface area contributed by atoms with Gasteiger partial charge in [-0.3, -0.25) is 4.79 Å². The van der Waals surface area contributed by atoms with Gasteiger partial charge in [-0.15, -0.1) is 0 Å². The van der Waals surface area contributed by atoms with Crippen LogP contribution in [0.1, 0.15) is 10.4 Å². The second-order valence-corrected chi connectivity index (χ2v) is 6.13. The third kappa shape index (κ3) is 4.55. The van der Waals surface area contributed by atoms with Crippen molar-refractivity contribution in [2.24, 2.45) is 0 Å². The van der Waals surface area contributed by atoms with E-state index in [1.165, 1.54) is 18.2 Å². The second kappa shape index (κ2) is 8.53. The number of ether oxygens (including phenoxy) is 2. The molecule has 2 aromatic carbocycles. The summed E-state index contributed by atoms with van der Waals surface area (Å²) in [5.41, 5.74) is 1.08. The van der Waals surface area contributed by atoms with E-state index >= 15 is 0 Å². The summed E-state index contributed by atoms with van der Waals surface area (Å²) in [6.07, 6.45) is 0. The first kappa shape index (κ1) is 18.7. The molecule has 1 fully saturated rings. The minimum atomic E-state index is -0.712. The van der Waals surface area contributed by atoms with Gasteiger partial charge < -0.3 is 19.3 Å². The molecule has 6 nitrogen and oxygen atoms in total. The number of methoxy groups -OCH3 is 1. The Bertz CT molecular complexity index is 819. The van der Waals surface area contributed by atoms with E-state index in [0.29, 0.717) is 26.2 Å². The number of esters is 1. The Morgan fingerprint density at radius 1 is 1.04 bits per heavy atom. The van der Waals surface area contributed by atoms with Gasteiger partial charge in [0.25, 0.3) is 5.91 Å². The molecule has 0 unspecified atom stereocenters. The van der Waals surface area contributed by atoms with E-state index in [4.69, 9.17) is 9.47 Å². The normalized spacial score (nSPS) is 14.0. The second-order valence-electron chi connectivity index (χ2n) is 6.13. The number of para-hydroxylation sites is 2. The van der Waals surface area contributed by atoms with Crippen LogP contribution in [0.25, 0.3) is 0 Å². The summed E-state index contributed by atoms with van der Waals surface area (Å²) in [5.74, 6) is -0.709. The van der Waals surface area contributed by atoms with E-state index in [2.05, 4.69) is 4.90 Å². The Labute approximate surface area is 157 Å². The van der Waals surface area contributed by atoms with Gasteiger partial charge in [0, 0.05) is 26.2 Å². The fraction of sp³-hybridized carbons (Fsp3) is 0.300. The molecule has 0 N–H and O–H groups in total. The van der Waals surface area contributed by atoms with Gasteiger partial charge in [0.05, 0.1) is 18.4 Å². The molecular weight excluding hydrogens is 351 g/mol. The highest BCUT2D eigenvalue weighted by atomic mass is 19.1. The van der Waals surface area contributed by atoms with Crippen molar-refractivity contribution in [3.05, 3.63) is 59.9 Å². The maximum atomic E-state index is 13.2. The molecule has 0 spiro atoms. The topological polar surface area (TPSA) is 59.1 Å². The van der Waals surface area contributed by atoms with Gasteiger partial charge in [-0.05, 0) is 30.3 Å². The lowest BCUT2D eigenvalue weighted by Gasteiger charge is -2.36. The molecule has 1 heterocycles. The Morgan fingerprint density at radius 2 is 1.78 bits per heavy atom. The fourth-order valence-corrected chi connectivity index (χ4v) is 3.01. The summed E-state index contributed by atoms with van der Waals surface area (Å²) in [6, 6.07) is 12.9. The molecule has 0 bridgehead atoms. The van der Waals surface area contributed by atoms with Crippen LogP contribution in [0.15, 0.2) is 48.5 Å². The van der Waals surface area contributed by atoms with Crippen LogP contribution < -0.4 is 9.64 Å². The molecule has 0 aromatic heterocycles. The number of carbonyl (C=O) groups is 2. The lowest BCUT2D eigenvalue weighted by atomic mass is 10.2. The third-order valence-corrected chi connectivity index (χ3v) is 4.45. The molecule has 1 amide bonds. The number of rotatable bonds is 5. The van der Waals surface area contributed by atoms with Crippen molar-refractivity contribution in [3.63, 3.8) is 0 Å². The quantitative estimate of drug-likeness (QED) is 0.754. The molecule has 1 aliphatic rings. The highest BCUT2D eigenvalue weighted by Crippen LogP contribution is 2.28. The monoisotopic (exact) mass is 372 g/mol. The molecule has 0 radical (unpaired) electrons. The average molecular weight is 372 g/mol. The highest BCUT2D eigenvalue weighted by Gasteiger charge is 2.23. The molecule has 2 aromatic rings. The molecule has 142 valence electrons. The maximum Gasteiger partial charge on any atom is 0.338 e. The van der Waals surface area contributed by atoms with Crippen molar-refractivity contribution in [2.45, 2.75) is 0 Å². The molecule has 27 heavy (non-hydrogen) atoms. The summed E-state index contributed by atoms with van der Waals surface area (Å²) in [5, 5.41) is 0. The molecule has 7 heteroatoms. The van der Waals surface area contributed by atoms with Crippen molar-refractivity contribution < 1.29 is 23.5 Å². The summed E-state index contributed by atoms with van der Waals surface area (Å²) in [7, 11) is 1.63. The van der Waals surface area contributed by atoms with Gasteiger partial charge in [-0.1, -0.05) is 18.2 Å². The van der Waals surface area contributed by atoms with Gasteiger partial charge in [0.1, 0.15) is 11.6 Å². The largest absolute Gasteiger partial charge is 0.495 e. The van der Waals surface area contributed by atoms with Crippen molar-refractivity contribution >= 4 is 17.6 Å². The first-order valence-corrected chi connectivity index (χ1v) is 8.67. The number of nitrogens with zero attached hydrogens (tertiary/aromatic N) is 2. The number of anilines is 1. The van der Waals surface area contributed by atoms with Crippen LogP contribution in [0.2, 0.25) is 0 Å². The first-order valence-electron chi connectivity index (χ1n) is 8.67. The van der Waals surface area contributed by atoms with E-state index in [-0.39, 0.29) is 18.1 Å². The summed E-state index contributed by atoms with van der Waals surface area (Å²) in [6.45, 7) is 2.00. The van der Waals surface area contributed by atoms with E-state index in [1.54, 1.807) is 12.0 Å². The van der Waals surface area contributed by atoms with Gasteiger partial charge in [0.15, 0.2) is 6.61 Å². The fourth-order valence-electron chi connectivity index (χ4n) is 3.01. The average Bonchev–Trinajstić information content (AvgIpc) is 2.71. The number of benzene rings is 2. The molecule has 0 saturated carbocycles. The Kier molecular flexibility index (Phi) is 5.90. The van der Waals surface area contributed by atoms with E-state index < -0.39 is 11.8 Å². The summed E-state index contributed by atoms with van der Waals surface area (Å²) in [4.78, 5) is 28.0. The lowest BCUT2D eigenvalue weighted by molar-refractivity contribution is -0.134. The smallest absolute Gasteiger partial charge is 0.338 e. The zero-order valence-electron chi connectivity index (χ0n) is 15.1. The van der Waals surface area contributed by atoms with Crippen LogP contribution in [0, 0.1) is 5.82 Å². The molecule has 3 rings (SSSR count). The van der Waals surface area contributed by atoms with Gasteiger partial charge in [-0.2, -0.15) is 0 Å². The van der Waals surface area contributed by atoms with Crippen LogP contribution in [0.3, 0.4) is 0 Å². The van der Waals surface area contributed by atoms with E-state index in [1.807, 2.05) is 24.3 Å². The molecule has 0 aliphatic carbocycles. The number of piperazine rings is 1. The van der Waals surface area contributed by atoms with Gasteiger partial charge in [0.2, 0.25) is 0 Å². The van der Waals surface area contributed by atoms with Gasteiger partial charge in [-0.25, -0.2) is 9.18 Å². The number of hydrogen-bond acceptors (Lipinski definition) is 5. The number of carbonyl (C=O) groups excluding carboxylic acids is 2. The Balaban J connectivity index is 1.50. The molecule has 1 saturated heterocycles. The minimum absolute atomic E-state index is 0.0868. The standard InChI is InChI=1S/C20H21FN2O4/c1-26-18-8-3-2-7-17(18)22-9-11-23(12-10-22)19(24)14-27-20(25)15-5-4-6-16(21)13-15/h2-8,13H,9-12,14H2,1H3. The van der Waals surface area contributed by atoms with E-state index in [0.717, 1.165) is 17.5 Å². The molecule has 1 aliphatic heterocycles. The SMILES string of the molecule is COc1ccccc1N1CCN(C(=O)COC(=O)c2cccc(F)c2)CC1. The maximum absolute atomic E-state index is 13.2. The summed E-state index contributed by atoms with van der Waals surface area (Å²) >= 11 is 0. The van der Waals surface area contributed by atoms with Gasteiger partial charge >= 0.3 is 5.97 Å². The number of halogens is 1. The van der Waals surface area contributed by atoms with E-state index in [9.17, 15) is 14.0 Å². The van der Waals surface area contributed by atoms with Crippen LogP contribution in [-0.4, -0.2) is 56.7 Å². The van der Waals surface area contributed by atoms with Crippen LogP contribution in [0.4, 0.5) is 10.1 Å². The molecular formula is C20H21FN2O4. The number of amides is 1. The highest BCUT2D eigenvalue weighted by molar-refractivity contribution is 5.91. The Hall–Kier alpha value is -3.09. The predicted molar refractivity (Wildman–Crippen MR) is 98.5 cm³/mol. The zero-order valence-corrected chi connectivity index (χ0v) is 15.1. The first-order chi connectivity index (χ1) is 13.1. The van der Waals surface area contributed by atoms with Crippen LogP contribution in [-0.2, 0) is 9.53 Å². The van der Waals surface area contributed by atoms with Crippen molar-refractivity contribution in [1.29, 1.82) is 0 Å². The Morgan fingerprint density at radius 3 is 2.48 bits per heavy atom. The molecule has 0 atom stereocenters. The van der Waals surface area contributed by atoms with Crippen molar-refractivity contribution in [1.82, 2.24) is 4.90 Å². The minimum Gasteiger partial charge on any atom is -0.495 e. The van der Waals surface area contributed by atoms with Crippen molar-refractivity contribution in [2.75, 3.05) is 44.8 Å². The third-order valence-electron chi connectivity index (χ3n) is 4.45. The van der Waals surface area contributed by atoms with Crippen molar-refractivity contribution in [3.8, 4) is 5.75 Å². The lowest BCUT2D eigenvalue weighted by Crippen LogP contribution is -2.50. The van der Waals surface area contributed by atoms with Crippen LogP contribution >= 0.6 is 0 Å².